The smallest absolute Gasteiger partial charge is 0.137 e. The van der Waals surface area contributed by atoms with Gasteiger partial charge in [-0.15, -0.1) is 0 Å². The minimum absolute atomic E-state index is 0.241. The molecule has 0 saturated carbocycles. The molecule has 1 aromatic heterocycles. The summed E-state index contributed by atoms with van der Waals surface area (Å²) < 4.78 is 5.67. The van der Waals surface area contributed by atoms with Crippen LogP contribution in [0.2, 0.25) is 0 Å². The Morgan fingerprint density at radius 3 is 2.62 bits per heavy atom. The van der Waals surface area contributed by atoms with Crippen molar-refractivity contribution < 1.29 is 4.74 Å². The van der Waals surface area contributed by atoms with Gasteiger partial charge in [0.05, 0.1) is 12.8 Å². The predicted molar refractivity (Wildman–Crippen MR) is 86.7 cm³/mol. The van der Waals surface area contributed by atoms with E-state index in [-0.39, 0.29) is 6.04 Å². The lowest BCUT2D eigenvalue weighted by Crippen LogP contribution is -2.19. The average Bonchev–Trinajstić information content (AvgIpc) is 2.52. The molecule has 1 heterocycles. The van der Waals surface area contributed by atoms with Crippen molar-refractivity contribution in [2.24, 2.45) is 0 Å². The van der Waals surface area contributed by atoms with Gasteiger partial charge in [-0.3, -0.25) is 4.98 Å². The molecule has 1 atom stereocenters. The first kappa shape index (κ1) is 15.5. The van der Waals surface area contributed by atoms with Gasteiger partial charge in [0.25, 0.3) is 0 Å². The Morgan fingerprint density at radius 2 is 1.95 bits per heavy atom. The van der Waals surface area contributed by atoms with Crippen LogP contribution in [0.15, 0.2) is 42.7 Å². The number of aromatic nitrogens is 1. The molecular weight excluding hydrogens is 260 g/mol. The van der Waals surface area contributed by atoms with Crippen LogP contribution in [0.5, 0.6) is 5.75 Å². The summed E-state index contributed by atoms with van der Waals surface area (Å²) in [5.41, 5.74) is 3.77. The Bertz CT molecular complexity index is 551. The van der Waals surface area contributed by atoms with Crippen molar-refractivity contribution in [3.05, 3.63) is 59.4 Å². The number of ether oxygens (including phenoxy) is 1. The monoisotopic (exact) mass is 284 g/mol. The van der Waals surface area contributed by atoms with Crippen molar-refractivity contribution in [3.8, 4) is 5.75 Å². The van der Waals surface area contributed by atoms with Crippen LogP contribution in [0.1, 0.15) is 36.1 Å². The first-order valence-corrected chi connectivity index (χ1v) is 7.53. The van der Waals surface area contributed by atoms with Crippen LogP contribution >= 0.6 is 0 Å². The van der Waals surface area contributed by atoms with E-state index in [0.717, 1.165) is 30.8 Å². The van der Waals surface area contributed by atoms with E-state index >= 15 is 0 Å². The number of nitrogens with one attached hydrogen (secondary N) is 1. The topological polar surface area (TPSA) is 34.1 Å². The molecule has 0 fully saturated rings. The molecule has 1 aromatic carbocycles. The molecule has 21 heavy (non-hydrogen) atoms. The van der Waals surface area contributed by atoms with Gasteiger partial charge in [0.15, 0.2) is 0 Å². The summed E-state index contributed by atoms with van der Waals surface area (Å²) in [5, 5.41) is 3.37. The number of likely N-dealkylation sites (N-methyl/N-ethyl adjacent to an activating group) is 1. The lowest BCUT2D eigenvalue weighted by Gasteiger charge is -2.17. The third-order valence-corrected chi connectivity index (χ3v) is 3.52. The molecule has 0 saturated heterocycles. The fraction of sp³-hybridized carbons (Fsp3) is 0.389. The van der Waals surface area contributed by atoms with Crippen LogP contribution in [0.3, 0.4) is 0 Å². The molecule has 3 nitrogen and oxygen atoms in total. The Kier molecular flexibility index (Phi) is 5.76. The van der Waals surface area contributed by atoms with E-state index < -0.39 is 0 Å². The molecule has 0 bridgehead atoms. The van der Waals surface area contributed by atoms with Crippen LogP contribution in [0, 0.1) is 6.92 Å². The highest BCUT2D eigenvalue weighted by Crippen LogP contribution is 2.21. The zero-order valence-electron chi connectivity index (χ0n) is 13.1. The SMILES string of the molecule is CCCOc1cncc(C(Cc2ccc(C)cc2)NC)c1. The second kappa shape index (κ2) is 7.79. The Hall–Kier alpha value is -1.87. The number of hydrogen-bond donors (Lipinski definition) is 1. The van der Waals surface area contributed by atoms with Crippen molar-refractivity contribution in [3.63, 3.8) is 0 Å². The minimum Gasteiger partial charge on any atom is -0.492 e. The first-order valence-electron chi connectivity index (χ1n) is 7.53. The number of rotatable bonds is 7. The van der Waals surface area contributed by atoms with Crippen LogP contribution in [-0.4, -0.2) is 18.6 Å². The Balaban J connectivity index is 2.11. The van der Waals surface area contributed by atoms with Gasteiger partial charge < -0.3 is 10.1 Å². The van der Waals surface area contributed by atoms with Crippen molar-refractivity contribution in [2.75, 3.05) is 13.7 Å². The van der Waals surface area contributed by atoms with Gasteiger partial charge >= 0.3 is 0 Å². The highest BCUT2D eigenvalue weighted by Gasteiger charge is 2.11. The van der Waals surface area contributed by atoms with Gasteiger partial charge in [-0.2, -0.15) is 0 Å². The molecule has 0 radical (unpaired) electrons. The third-order valence-electron chi connectivity index (χ3n) is 3.52. The molecule has 0 spiro atoms. The maximum Gasteiger partial charge on any atom is 0.137 e. The molecular formula is C18H24N2O. The molecule has 2 aromatic rings. The van der Waals surface area contributed by atoms with E-state index in [2.05, 4.69) is 54.5 Å². The van der Waals surface area contributed by atoms with Crippen molar-refractivity contribution >= 4 is 0 Å². The summed E-state index contributed by atoms with van der Waals surface area (Å²) >= 11 is 0. The molecule has 2 rings (SSSR count). The largest absolute Gasteiger partial charge is 0.492 e. The molecule has 1 unspecified atom stereocenters. The number of hydrogen-bond acceptors (Lipinski definition) is 3. The van der Waals surface area contributed by atoms with E-state index in [4.69, 9.17) is 4.74 Å². The van der Waals surface area contributed by atoms with E-state index in [0.29, 0.717) is 0 Å². The number of aryl methyl sites for hydroxylation is 1. The maximum atomic E-state index is 5.67. The van der Waals surface area contributed by atoms with E-state index in [9.17, 15) is 0 Å². The third kappa shape index (κ3) is 4.57. The van der Waals surface area contributed by atoms with Gasteiger partial charge in [0.2, 0.25) is 0 Å². The highest BCUT2D eigenvalue weighted by molar-refractivity contribution is 5.29. The lowest BCUT2D eigenvalue weighted by atomic mass is 9.99. The van der Waals surface area contributed by atoms with Gasteiger partial charge in [0, 0.05) is 12.2 Å². The summed E-state index contributed by atoms with van der Waals surface area (Å²) in [6.45, 7) is 4.94. The van der Waals surface area contributed by atoms with Crippen LogP contribution in [0.4, 0.5) is 0 Å². The zero-order chi connectivity index (χ0) is 15.1. The number of pyridine rings is 1. The molecule has 112 valence electrons. The lowest BCUT2D eigenvalue weighted by molar-refractivity contribution is 0.315. The summed E-state index contributed by atoms with van der Waals surface area (Å²) in [6.07, 6.45) is 5.63. The van der Waals surface area contributed by atoms with E-state index in [1.54, 1.807) is 6.20 Å². The second-order valence-electron chi connectivity index (χ2n) is 5.33. The van der Waals surface area contributed by atoms with Gasteiger partial charge in [-0.1, -0.05) is 36.8 Å². The summed E-state index contributed by atoms with van der Waals surface area (Å²) in [7, 11) is 1.98. The van der Waals surface area contributed by atoms with Crippen molar-refractivity contribution in [2.45, 2.75) is 32.7 Å². The van der Waals surface area contributed by atoms with Crippen LogP contribution < -0.4 is 10.1 Å². The second-order valence-corrected chi connectivity index (χ2v) is 5.33. The fourth-order valence-electron chi connectivity index (χ4n) is 2.27. The fourth-order valence-corrected chi connectivity index (χ4v) is 2.27. The minimum atomic E-state index is 0.241. The molecule has 0 aliphatic heterocycles. The summed E-state index contributed by atoms with van der Waals surface area (Å²) in [5.74, 6) is 0.846. The standard InChI is InChI=1S/C18H24N2O/c1-4-9-21-17-11-16(12-20-13-17)18(19-3)10-15-7-5-14(2)6-8-15/h5-8,11-13,18-19H,4,9-10H2,1-3H3. The zero-order valence-corrected chi connectivity index (χ0v) is 13.1. The summed E-state index contributed by atoms with van der Waals surface area (Å²) in [4.78, 5) is 4.30. The highest BCUT2D eigenvalue weighted by atomic mass is 16.5. The molecule has 1 N–H and O–H groups in total. The normalized spacial score (nSPS) is 12.1. The molecule has 0 aliphatic rings. The van der Waals surface area contributed by atoms with Crippen molar-refractivity contribution in [1.29, 1.82) is 0 Å². The summed E-state index contributed by atoms with van der Waals surface area (Å²) in [6, 6.07) is 11.0. The molecule has 0 amide bonds. The van der Waals surface area contributed by atoms with Crippen LogP contribution in [0.25, 0.3) is 0 Å². The van der Waals surface area contributed by atoms with Crippen molar-refractivity contribution in [1.82, 2.24) is 10.3 Å². The predicted octanol–water partition coefficient (Wildman–Crippen LogP) is 3.68. The first-order chi connectivity index (χ1) is 10.2. The van der Waals surface area contributed by atoms with E-state index in [1.807, 2.05) is 13.2 Å². The maximum absolute atomic E-state index is 5.67. The Labute approximate surface area is 127 Å². The quantitative estimate of drug-likeness (QED) is 0.842. The van der Waals surface area contributed by atoms with Gasteiger partial charge in [-0.05, 0) is 44.0 Å². The van der Waals surface area contributed by atoms with Gasteiger partial charge in [0.1, 0.15) is 5.75 Å². The van der Waals surface area contributed by atoms with Crippen LogP contribution in [-0.2, 0) is 6.42 Å². The molecule has 0 aliphatic carbocycles. The Morgan fingerprint density at radius 1 is 1.19 bits per heavy atom. The average molecular weight is 284 g/mol. The number of benzene rings is 1. The van der Waals surface area contributed by atoms with Gasteiger partial charge in [-0.25, -0.2) is 0 Å². The van der Waals surface area contributed by atoms with E-state index in [1.165, 1.54) is 11.1 Å². The molecule has 3 heteroatoms. The number of nitrogens with zero attached hydrogens (tertiary/aromatic N) is 1.